The summed E-state index contributed by atoms with van der Waals surface area (Å²) in [6, 6.07) is 7.58. The third-order valence-electron chi connectivity index (χ3n) is 4.35. The van der Waals surface area contributed by atoms with Crippen molar-refractivity contribution < 1.29 is 9.59 Å². The first-order chi connectivity index (χ1) is 9.60. The first-order valence-electron chi connectivity index (χ1n) is 7.01. The van der Waals surface area contributed by atoms with Gasteiger partial charge in [0.1, 0.15) is 0 Å². The zero-order valence-corrected chi connectivity index (χ0v) is 11.6. The molecular formula is C15H19N3O2. The molecule has 2 saturated heterocycles. The van der Waals surface area contributed by atoms with E-state index in [2.05, 4.69) is 10.6 Å². The molecule has 0 aliphatic carbocycles. The van der Waals surface area contributed by atoms with Crippen LogP contribution < -0.4 is 10.6 Å². The molecule has 20 heavy (non-hydrogen) atoms. The quantitative estimate of drug-likeness (QED) is 0.810. The molecule has 106 valence electrons. The lowest BCUT2D eigenvalue weighted by atomic mass is 9.88. The van der Waals surface area contributed by atoms with Gasteiger partial charge in [0.05, 0.1) is 5.54 Å². The number of piperidine rings is 1. The topological polar surface area (TPSA) is 61.4 Å². The van der Waals surface area contributed by atoms with Crippen LogP contribution in [0.25, 0.3) is 0 Å². The highest BCUT2D eigenvalue weighted by Gasteiger charge is 2.41. The van der Waals surface area contributed by atoms with Crippen molar-refractivity contribution in [1.82, 2.24) is 15.5 Å². The summed E-state index contributed by atoms with van der Waals surface area (Å²) in [6.07, 6.45) is 1.62. The molecule has 2 aliphatic rings. The van der Waals surface area contributed by atoms with Crippen LogP contribution in [-0.4, -0.2) is 42.0 Å². The molecule has 2 aliphatic heterocycles. The van der Waals surface area contributed by atoms with Crippen LogP contribution >= 0.6 is 0 Å². The molecule has 0 unspecified atom stereocenters. The zero-order chi connectivity index (χ0) is 14.2. The SMILES string of the molecule is Cc1ccccc1C(=O)N1CCC2(CC1)CNC(=O)N2. The molecular weight excluding hydrogens is 254 g/mol. The minimum absolute atomic E-state index is 0.0928. The van der Waals surface area contributed by atoms with Crippen molar-refractivity contribution in [2.75, 3.05) is 19.6 Å². The normalized spacial score (nSPS) is 20.6. The summed E-state index contributed by atoms with van der Waals surface area (Å²) >= 11 is 0. The van der Waals surface area contributed by atoms with E-state index in [1.54, 1.807) is 0 Å². The largest absolute Gasteiger partial charge is 0.338 e. The number of nitrogens with zero attached hydrogens (tertiary/aromatic N) is 1. The minimum Gasteiger partial charge on any atom is -0.338 e. The predicted molar refractivity (Wildman–Crippen MR) is 75.6 cm³/mol. The molecule has 5 nitrogen and oxygen atoms in total. The van der Waals surface area contributed by atoms with Crippen molar-refractivity contribution >= 4 is 11.9 Å². The Kier molecular flexibility index (Phi) is 3.12. The average molecular weight is 273 g/mol. The summed E-state index contributed by atoms with van der Waals surface area (Å²) < 4.78 is 0. The van der Waals surface area contributed by atoms with Crippen LogP contribution in [0.3, 0.4) is 0 Å². The van der Waals surface area contributed by atoms with Gasteiger partial charge in [-0.25, -0.2) is 4.79 Å². The summed E-state index contributed by atoms with van der Waals surface area (Å²) in [6.45, 7) is 4.00. The second kappa shape index (κ2) is 4.81. The Balaban J connectivity index is 1.68. The Hall–Kier alpha value is -2.04. The van der Waals surface area contributed by atoms with Gasteiger partial charge in [-0.15, -0.1) is 0 Å². The van der Waals surface area contributed by atoms with Crippen molar-refractivity contribution in [3.63, 3.8) is 0 Å². The molecule has 0 saturated carbocycles. The Morgan fingerprint density at radius 1 is 1.25 bits per heavy atom. The van der Waals surface area contributed by atoms with Gasteiger partial charge >= 0.3 is 6.03 Å². The predicted octanol–water partition coefficient (Wildman–Crippen LogP) is 1.28. The highest BCUT2D eigenvalue weighted by atomic mass is 16.2. The Labute approximate surface area is 118 Å². The fraction of sp³-hybridized carbons (Fsp3) is 0.467. The maximum Gasteiger partial charge on any atom is 0.315 e. The van der Waals surface area contributed by atoms with Crippen molar-refractivity contribution in [1.29, 1.82) is 0 Å². The first-order valence-corrected chi connectivity index (χ1v) is 7.01. The van der Waals surface area contributed by atoms with Gasteiger partial charge < -0.3 is 15.5 Å². The van der Waals surface area contributed by atoms with Crippen LogP contribution in [0.15, 0.2) is 24.3 Å². The van der Waals surface area contributed by atoms with Crippen LogP contribution in [0.1, 0.15) is 28.8 Å². The maximum absolute atomic E-state index is 12.5. The van der Waals surface area contributed by atoms with E-state index in [4.69, 9.17) is 0 Å². The number of hydrogen-bond acceptors (Lipinski definition) is 2. The molecule has 5 heteroatoms. The van der Waals surface area contributed by atoms with E-state index in [0.29, 0.717) is 19.6 Å². The third-order valence-corrected chi connectivity index (χ3v) is 4.35. The molecule has 1 aromatic carbocycles. The number of rotatable bonds is 1. The van der Waals surface area contributed by atoms with Gasteiger partial charge in [0.2, 0.25) is 0 Å². The molecule has 0 atom stereocenters. The number of hydrogen-bond donors (Lipinski definition) is 2. The van der Waals surface area contributed by atoms with Crippen molar-refractivity contribution in [2.45, 2.75) is 25.3 Å². The lowest BCUT2D eigenvalue weighted by molar-refractivity contribution is 0.0667. The van der Waals surface area contributed by atoms with Crippen molar-refractivity contribution in [2.24, 2.45) is 0 Å². The number of likely N-dealkylation sites (tertiary alicyclic amines) is 1. The number of amides is 3. The van der Waals surface area contributed by atoms with Crippen LogP contribution in [0.5, 0.6) is 0 Å². The highest BCUT2D eigenvalue weighted by molar-refractivity contribution is 5.95. The Bertz CT molecular complexity index is 548. The second-order valence-corrected chi connectivity index (χ2v) is 5.70. The van der Waals surface area contributed by atoms with Crippen LogP contribution in [0.2, 0.25) is 0 Å². The van der Waals surface area contributed by atoms with E-state index in [0.717, 1.165) is 24.0 Å². The van der Waals surface area contributed by atoms with Gasteiger partial charge in [-0.05, 0) is 31.4 Å². The molecule has 3 amide bonds. The fourth-order valence-electron chi connectivity index (χ4n) is 3.00. The summed E-state index contributed by atoms with van der Waals surface area (Å²) in [7, 11) is 0. The summed E-state index contributed by atoms with van der Waals surface area (Å²) in [5, 5.41) is 5.80. The molecule has 2 heterocycles. The zero-order valence-electron chi connectivity index (χ0n) is 11.6. The summed E-state index contributed by atoms with van der Waals surface area (Å²) in [5.74, 6) is 0.0928. The minimum atomic E-state index is -0.153. The van der Waals surface area contributed by atoms with E-state index in [-0.39, 0.29) is 17.5 Å². The van der Waals surface area contributed by atoms with E-state index in [9.17, 15) is 9.59 Å². The van der Waals surface area contributed by atoms with Gasteiger partial charge in [-0.3, -0.25) is 4.79 Å². The first kappa shape index (κ1) is 13.0. The maximum atomic E-state index is 12.5. The highest BCUT2D eigenvalue weighted by Crippen LogP contribution is 2.25. The smallest absolute Gasteiger partial charge is 0.315 e. The third kappa shape index (κ3) is 2.24. The number of carbonyl (C=O) groups excluding carboxylic acids is 2. The van der Waals surface area contributed by atoms with Gasteiger partial charge in [0, 0.05) is 25.2 Å². The average Bonchev–Trinajstić information content (AvgIpc) is 2.81. The molecule has 0 radical (unpaired) electrons. The lowest BCUT2D eigenvalue weighted by Gasteiger charge is -2.38. The van der Waals surface area contributed by atoms with Gasteiger partial charge in [0.25, 0.3) is 5.91 Å². The van der Waals surface area contributed by atoms with Crippen LogP contribution in [0.4, 0.5) is 4.79 Å². The van der Waals surface area contributed by atoms with E-state index >= 15 is 0 Å². The van der Waals surface area contributed by atoms with Gasteiger partial charge in [-0.1, -0.05) is 18.2 Å². The molecule has 0 aromatic heterocycles. The van der Waals surface area contributed by atoms with E-state index < -0.39 is 0 Å². The number of benzene rings is 1. The fourth-order valence-corrected chi connectivity index (χ4v) is 3.00. The summed E-state index contributed by atoms with van der Waals surface area (Å²) in [5.41, 5.74) is 1.63. The number of carbonyl (C=O) groups is 2. The molecule has 2 N–H and O–H groups in total. The molecule has 3 rings (SSSR count). The standard InChI is InChI=1S/C15H19N3O2/c1-11-4-2-3-5-12(11)13(19)18-8-6-15(7-9-18)10-16-14(20)17-15/h2-5H,6-10H2,1H3,(H2,16,17,20). The molecule has 1 spiro atoms. The lowest BCUT2D eigenvalue weighted by Crippen LogP contribution is -2.53. The van der Waals surface area contributed by atoms with Gasteiger partial charge in [0.15, 0.2) is 0 Å². The monoisotopic (exact) mass is 273 g/mol. The van der Waals surface area contributed by atoms with E-state index in [1.807, 2.05) is 36.1 Å². The van der Waals surface area contributed by atoms with Gasteiger partial charge in [-0.2, -0.15) is 0 Å². The summed E-state index contributed by atoms with van der Waals surface area (Å²) in [4.78, 5) is 25.7. The van der Waals surface area contributed by atoms with Crippen LogP contribution in [0, 0.1) is 6.92 Å². The number of urea groups is 1. The number of aryl methyl sites for hydroxylation is 1. The van der Waals surface area contributed by atoms with E-state index in [1.165, 1.54) is 0 Å². The molecule has 2 fully saturated rings. The van der Waals surface area contributed by atoms with Crippen molar-refractivity contribution in [3.8, 4) is 0 Å². The molecule has 1 aromatic rings. The van der Waals surface area contributed by atoms with Crippen LogP contribution in [-0.2, 0) is 0 Å². The Morgan fingerprint density at radius 3 is 2.55 bits per heavy atom. The molecule has 0 bridgehead atoms. The van der Waals surface area contributed by atoms with Crippen molar-refractivity contribution in [3.05, 3.63) is 35.4 Å². The Morgan fingerprint density at radius 2 is 1.95 bits per heavy atom. The number of nitrogens with one attached hydrogen (secondary N) is 2. The second-order valence-electron chi connectivity index (χ2n) is 5.70.